The van der Waals surface area contributed by atoms with Gasteiger partial charge >= 0.3 is 0 Å². The van der Waals surface area contributed by atoms with E-state index < -0.39 is 11.6 Å². The van der Waals surface area contributed by atoms with Crippen molar-refractivity contribution >= 4 is 0 Å². The third-order valence-corrected chi connectivity index (χ3v) is 1.60. The van der Waals surface area contributed by atoms with Gasteiger partial charge in [-0.15, -0.1) is 0 Å². The quantitative estimate of drug-likeness (QED) is 0.673. The van der Waals surface area contributed by atoms with E-state index in [1.54, 1.807) is 0 Å². The summed E-state index contributed by atoms with van der Waals surface area (Å²) in [6.07, 6.45) is 3.33. The van der Waals surface area contributed by atoms with E-state index in [2.05, 4.69) is 15.8 Å². The zero-order chi connectivity index (χ0) is 9.26. The highest BCUT2D eigenvalue weighted by Crippen LogP contribution is 2.24. The van der Waals surface area contributed by atoms with Gasteiger partial charge < -0.3 is 4.42 Å². The molecule has 0 bridgehead atoms. The normalized spacial score (nSPS) is 10.3. The van der Waals surface area contributed by atoms with Crippen molar-refractivity contribution in [3.8, 4) is 11.3 Å². The highest BCUT2D eigenvalue weighted by Gasteiger charge is 2.13. The summed E-state index contributed by atoms with van der Waals surface area (Å²) in [5.74, 6) is -1.31. The van der Waals surface area contributed by atoms with Gasteiger partial charge in [0, 0.05) is 0 Å². The number of aromatic nitrogens is 1. The highest BCUT2D eigenvalue weighted by atomic mass is 19.1. The van der Waals surface area contributed by atoms with E-state index in [9.17, 15) is 8.78 Å². The summed E-state index contributed by atoms with van der Waals surface area (Å²) in [5, 5.41) is 0. The Hall–Kier alpha value is -1.71. The van der Waals surface area contributed by atoms with Crippen molar-refractivity contribution in [2.45, 2.75) is 0 Å². The summed E-state index contributed by atoms with van der Waals surface area (Å²) in [6, 6.07) is 3.59. The standard InChI is InChI=1S/C9H4F2NO/c10-6-2-1-3-7(11)9(6)8-4-12-5-13-8/h1-4H. The zero-order valence-electron chi connectivity index (χ0n) is 6.42. The molecule has 0 aliphatic heterocycles. The van der Waals surface area contributed by atoms with Crippen LogP contribution in [0.2, 0.25) is 0 Å². The number of hydrogen-bond donors (Lipinski definition) is 0. The maximum Gasteiger partial charge on any atom is 0.284 e. The second-order valence-electron chi connectivity index (χ2n) is 2.41. The molecule has 1 aromatic carbocycles. The molecule has 0 aliphatic rings. The molecule has 0 aliphatic carbocycles. The van der Waals surface area contributed by atoms with E-state index in [4.69, 9.17) is 0 Å². The van der Waals surface area contributed by atoms with E-state index >= 15 is 0 Å². The van der Waals surface area contributed by atoms with Crippen LogP contribution in [0.25, 0.3) is 11.3 Å². The number of rotatable bonds is 1. The van der Waals surface area contributed by atoms with Gasteiger partial charge in [-0.05, 0) is 12.1 Å². The second kappa shape index (κ2) is 2.97. The minimum atomic E-state index is -0.676. The first kappa shape index (κ1) is 7.91. The molecular formula is C9H4F2NO. The van der Waals surface area contributed by atoms with Gasteiger partial charge in [0.05, 0.1) is 11.8 Å². The predicted molar refractivity (Wildman–Crippen MR) is 40.7 cm³/mol. The van der Waals surface area contributed by atoms with E-state index in [1.807, 2.05) is 0 Å². The van der Waals surface area contributed by atoms with E-state index in [1.165, 1.54) is 12.3 Å². The fraction of sp³-hybridized carbons (Fsp3) is 0. The van der Waals surface area contributed by atoms with Crippen molar-refractivity contribution in [2.24, 2.45) is 0 Å². The summed E-state index contributed by atoms with van der Waals surface area (Å²) in [6.45, 7) is 0. The molecule has 0 saturated carbocycles. The van der Waals surface area contributed by atoms with Gasteiger partial charge in [0.25, 0.3) is 6.39 Å². The molecule has 0 amide bonds. The molecule has 1 aromatic heterocycles. The SMILES string of the molecule is Fc1cccc(F)c1-c1cn[c]o1. The van der Waals surface area contributed by atoms with Crippen molar-refractivity contribution in [3.63, 3.8) is 0 Å². The minimum absolute atomic E-state index is 0.0376. The van der Waals surface area contributed by atoms with E-state index in [-0.39, 0.29) is 11.3 Å². The zero-order valence-corrected chi connectivity index (χ0v) is 6.42. The molecule has 0 saturated heterocycles. The lowest BCUT2D eigenvalue weighted by Crippen LogP contribution is -1.87. The van der Waals surface area contributed by atoms with Gasteiger partial charge in [-0.25, -0.2) is 13.8 Å². The summed E-state index contributed by atoms with van der Waals surface area (Å²) in [7, 11) is 0. The lowest BCUT2D eigenvalue weighted by Gasteiger charge is -1.98. The minimum Gasteiger partial charge on any atom is -0.432 e. The Morgan fingerprint density at radius 3 is 2.46 bits per heavy atom. The Labute approximate surface area is 72.8 Å². The smallest absolute Gasteiger partial charge is 0.284 e. The molecule has 0 unspecified atom stereocenters. The molecule has 1 heterocycles. The average Bonchev–Trinajstić information content (AvgIpc) is 2.57. The maximum atomic E-state index is 13.1. The number of benzene rings is 1. The monoisotopic (exact) mass is 180 g/mol. The van der Waals surface area contributed by atoms with E-state index in [0.29, 0.717) is 0 Å². The molecule has 2 rings (SSSR count). The average molecular weight is 180 g/mol. The van der Waals surface area contributed by atoms with Gasteiger partial charge in [0.1, 0.15) is 11.6 Å². The first-order chi connectivity index (χ1) is 6.29. The molecule has 2 nitrogen and oxygen atoms in total. The first-order valence-electron chi connectivity index (χ1n) is 3.55. The van der Waals surface area contributed by atoms with Gasteiger partial charge in [-0.1, -0.05) is 6.07 Å². The lowest BCUT2D eigenvalue weighted by atomic mass is 10.1. The van der Waals surface area contributed by atoms with Crippen molar-refractivity contribution in [3.05, 3.63) is 42.4 Å². The Balaban J connectivity index is 2.64. The number of oxazole rings is 1. The summed E-state index contributed by atoms with van der Waals surface area (Å²) in [5.41, 5.74) is -0.212. The van der Waals surface area contributed by atoms with Crippen LogP contribution in [0, 0.1) is 18.0 Å². The summed E-state index contributed by atoms with van der Waals surface area (Å²) >= 11 is 0. The van der Waals surface area contributed by atoms with Crippen molar-refractivity contribution in [1.82, 2.24) is 4.98 Å². The third-order valence-electron chi connectivity index (χ3n) is 1.60. The molecule has 65 valence electrons. The fourth-order valence-corrected chi connectivity index (χ4v) is 1.04. The van der Waals surface area contributed by atoms with Crippen molar-refractivity contribution in [2.75, 3.05) is 0 Å². The van der Waals surface area contributed by atoms with Gasteiger partial charge in [-0.2, -0.15) is 0 Å². The largest absolute Gasteiger partial charge is 0.432 e. The molecule has 0 N–H and O–H groups in total. The molecule has 0 fully saturated rings. The topological polar surface area (TPSA) is 26.0 Å². The molecule has 4 heteroatoms. The van der Waals surface area contributed by atoms with Crippen molar-refractivity contribution in [1.29, 1.82) is 0 Å². The van der Waals surface area contributed by atoms with Crippen LogP contribution in [0.5, 0.6) is 0 Å². The maximum absolute atomic E-state index is 13.1. The highest BCUT2D eigenvalue weighted by molar-refractivity contribution is 5.57. The molecule has 0 spiro atoms. The molecule has 0 atom stereocenters. The number of hydrogen-bond acceptors (Lipinski definition) is 2. The lowest BCUT2D eigenvalue weighted by molar-refractivity contribution is 0.537. The van der Waals surface area contributed by atoms with Crippen LogP contribution in [0.4, 0.5) is 8.78 Å². The van der Waals surface area contributed by atoms with E-state index in [0.717, 1.165) is 12.1 Å². The Kier molecular flexibility index (Phi) is 1.81. The number of halogens is 2. The van der Waals surface area contributed by atoms with Crippen LogP contribution < -0.4 is 0 Å². The molecule has 2 aromatic rings. The molecule has 1 radical (unpaired) electrons. The van der Waals surface area contributed by atoms with Crippen LogP contribution >= 0.6 is 0 Å². The van der Waals surface area contributed by atoms with Crippen LogP contribution in [-0.4, -0.2) is 4.98 Å². The van der Waals surface area contributed by atoms with Crippen molar-refractivity contribution < 1.29 is 13.2 Å². The van der Waals surface area contributed by atoms with Gasteiger partial charge in [0.15, 0.2) is 5.76 Å². The van der Waals surface area contributed by atoms with Crippen LogP contribution in [0.3, 0.4) is 0 Å². The van der Waals surface area contributed by atoms with Crippen LogP contribution in [-0.2, 0) is 0 Å². The fourth-order valence-electron chi connectivity index (χ4n) is 1.04. The molecular weight excluding hydrogens is 176 g/mol. The van der Waals surface area contributed by atoms with Crippen LogP contribution in [0.15, 0.2) is 28.8 Å². The summed E-state index contributed by atoms with van der Waals surface area (Å²) < 4.78 is 30.8. The Bertz CT molecular complexity index is 391. The Morgan fingerprint density at radius 2 is 1.92 bits per heavy atom. The predicted octanol–water partition coefficient (Wildman–Crippen LogP) is 2.42. The number of nitrogens with zero attached hydrogens (tertiary/aromatic N) is 1. The first-order valence-corrected chi connectivity index (χ1v) is 3.55. The third kappa shape index (κ3) is 1.30. The summed E-state index contributed by atoms with van der Waals surface area (Å²) in [4.78, 5) is 3.46. The van der Waals surface area contributed by atoms with Gasteiger partial charge in [0.2, 0.25) is 0 Å². The Morgan fingerprint density at radius 1 is 1.23 bits per heavy atom. The van der Waals surface area contributed by atoms with Gasteiger partial charge in [-0.3, -0.25) is 0 Å². The van der Waals surface area contributed by atoms with Crippen LogP contribution in [0.1, 0.15) is 0 Å². The second-order valence-corrected chi connectivity index (χ2v) is 2.41. The molecule has 13 heavy (non-hydrogen) atoms.